The van der Waals surface area contributed by atoms with Gasteiger partial charge in [-0.25, -0.2) is 9.98 Å². The maximum absolute atomic E-state index is 4.88. The molecule has 1 aliphatic rings. The lowest BCUT2D eigenvalue weighted by atomic mass is 10.2. The number of hydrogen-bond acceptors (Lipinski definition) is 3. The Kier molecular flexibility index (Phi) is 7.75. The van der Waals surface area contributed by atoms with Gasteiger partial charge in [0.15, 0.2) is 5.96 Å². The van der Waals surface area contributed by atoms with Crippen molar-refractivity contribution in [3.63, 3.8) is 0 Å². The van der Waals surface area contributed by atoms with E-state index in [4.69, 9.17) is 4.99 Å². The van der Waals surface area contributed by atoms with Gasteiger partial charge in [0.1, 0.15) is 12.4 Å². The normalized spacial score (nSPS) is 18.6. The van der Waals surface area contributed by atoms with E-state index in [1.54, 1.807) is 0 Å². The first-order valence-corrected chi connectivity index (χ1v) is 9.86. The van der Waals surface area contributed by atoms with Crippen LogP contribution in [0.25, 0.3) is 0 Å². The standard InChI is InChI=1S/C19H36N6/c1-6-20-19(25-11-9-17(15-25)23(7-2)8-3)22-13-18-21-10-12-24(18)14-16(4)5/h10,12,16-17H,6-9,11,13-15H2,1-5H3,(H,20,22). The van der Waals surface area contributed by atoms with Crippen molar-refractivity contribution < 1.29 is 0 Å². The van der Waals surface area contributed by atoms with E-state index in [9.17, 15) is 0 Å². The Labute approximate surface area is 153 Å². The molecule has 1 unspecified atom stereocenters. The molecular weight excluding hydrogens is 312 g/mol. The van der Waals surface area contributed by atoms with Crippen molar-refractivity contribution in [2.45, 2.75) is 60.2 Å². The SMILES string of the molecule is CCNC(=NCc1nccn1CC(C)C)N1CCC(N(CC)CC)C1. The number of nitrogens with one attached hydrogen (secondary N) is 1. The fourth-order valence-electron chi connectivity index (χ4n) is 3.59. The number of guanidine groups is 1. The van der Waals surface area contributed by atoms with Crippen LogP contribution in [0.5, 0.6) is 0 Å². The van der Waals surface area contributed by atoms with E-state index in [0.717, 1.165) is 51.1 Å². The van der Waals surface area contributed by atoms with E-state index in [0.29, 0.717) is 18.5 Å². The Bertz CT molecular complexity index is 532. The first-order valence-electron chi connectivity index (χ1n) is 9.86. The van der Waals surface area contributed by atoms with Crippen molar-refractivity contribution in [2.24, 2.45) is 10.9 Å². The zero-order chi connectivity index (χ0) is 18.2. The van der Waals surface area contributed by atoms with Gasteiger partial charge in [0, 0.05) is 44.6 Å². The van der Waals surface area contributed by atoms with E-state index in [-0.39, 0.29) is 0 Å². The van der Waals surface area contributed by atoms with Crippen molar-refractivity contribution >= 4 is 5.96 Å². The molecule has 1 aliphatic heterocycles. The van der Waals surface area contributed by atoms with E-state index < -0.39 is 0 Å². The summed E-state index contributed by atoms with van der Waals surface area (Å²) in [4.78, 5) is 14.3. The number of rotatable bonds is 8. The Morgan fingerprint density at radius 3 is 2.76 bits per heavy atom. The van der Waals surface area contributed by atoms with Crippen molar-refractivity contribution in [3.05, 3.63) is 18.2 Å². The van der Waals surface area contributed by atoms with Crippen LogP contribution in [0.4, 0.5) is 0 Å². The van der Waals surface area contributed by atoms with Gasteiger partial charge in [0.05, 0.1) is 0 Å². The summed E-state index contributed by atoms with van der Waals surface area (Å²) in [6.07, 6.45) is 5.16. The molecule has 0 amide bonds. The molecule has 2 heterocycles. The van der Waals surface area contributed by atoms with E-state index >= 15 is 0 Å². The summed E-state index contributed by atoms with van der Waals surface area (Å²) in [5, 5.41) is 3.46. The Morgan fingerprint density at radius 2 is 2.12 bits per heavy atom. The molecule has 1 N–H and O–H groups in total. The number of aromatic nitrogens is 2. The van der Waals surface area contributed by atoms with Crippen LogP contribution in [0.1, 0.15) is 46.9 Å². The van der Waals surface area contributed by atoms with Gasteiger partial charge in [-0.2, -0.15) is 0 Å². The molecule has 1 aromatic heterocycles. The number of aliphatic imine (C=N–C) groups is 1. The molecule has 0 saturated carbocycles. The zero-order valence-corrected chi connectivity index (χ0v) is 16.7. The number of imidazole rings is 1. The van der Waals surface area contributed by atoms with E-state index in [1.165, 1.54) is 6.42 Å². The van der Waals surface area contributed by atoms with Crippen molar-refractivity contribution in [2.75, 3.05) is 32.7 Å². The highest BCUT2D eigenvalue weighted by atomic mass is 15.3. The predicted octanol–water partition coefficient (Wildman–Crippen LogP) is 2.42. The van der Waals surface area contributed by atoms with Crippen molar-refractivity contribution in [3.8, 4) is 0 Å². The van der Waals surface area contributed by atoms with Crippen molar-refractivity contribution in [1.82, 2.24) is 24.7 Å². The molecule has 0 bridgehead atoms. The maximum Gasteiger partial charge on any atom is 0.194 e. The highest BCUT2D eigenvalue weighted by molar-refractivity contribution is 5.80. The largest absolute Gasteiger partial charge is 0.357 e. The van der Waals surface area contributed by atoms with Gasteiger partial charge < -0.3 is 14.8 Å². The molecule has 25 heavy (non-hydrogen) atoms. The summed E-state index contributed by atoms with van der Waals surface area (Å²) < 4.78 is 2.22. The third kappa shape index (κ3) is 5.46. The molecule has 2 rings (SSSR count). The minimum atomic E-state index is 0.610. The molecule has 0 aromatic carbocycles. The lowest BCUT2D eigenvalue weighted by Crippen LogP contribution is -2.43. The smallest absolute Gasteiger partial charge is 0.194 e. The molecule has 142 valence electrons. The number of likely N-dealkylation sites (N-methyl/N-ethyl adjacent to an activating group) is 1. The molecule has 1 fully saturated rings. The Morgan fingerprint density at radius 1 is 1.36 bits per heavy atom. The fourth-order valence-corrected chi connectivity index (χ4v) is 3.59. The minimum Gasteiger partial charge on any atom is -0.357 e. The molecule has 6 heteroatoms. The van der Waals surface area contributed by atoms with Gasteiger partial charge in [-0.3, -0.25) is 4.90 Å². The molecular formula is C19H36N6. The third-order valence-electron chi connectivity index (χ3n) is 4.86. The van der Waals surface area contributed by atoms with E-state index in [1.807, 2.05) is 6.20 Å². The van der Waals surface area contributed by atoms with Crippen LogP contribution in [0.2, 0.25) is 0 Å². The summed E-state index contributed by atoms with van der Waals surface area (Å²) >= 11 is 0. The van der Waals surface area contributed by atoms with Crippen LogP contribution >= 0.6 is 0 Å². The first kappa shape index (κ1) is 19.8. The second kappa shape index (κ2) is 9.80. The van der Waals surface area contributed by atoms with Gasteiger partial charge in [-0.15, -0.1) is 0 Å². The molecule has 0 aliphatic carbocycles. The molecule has 0 spiro atoms. The van der Waals surface area contributed by atoms with E-state index in [2.05, 4.69) is 65.5 Å². The van der Waals surface area contributed by atoms with Crippen molar-refractivity contribution in [1.29, 1.82) is 0 Å². The number of likely N-dealkylation sites (tertiary alicyclic amines) is 1. The molecule has 1 atom stereocenters. The van der Waals surface area contributed by atoms with Crippen LogP contribution in [-0.4, -0.2) is 64.1 Å². The Balaban J connectivity index is 2.03. The summed E-state index contributed by atoms with van der Waals surface area (Å²) in [6, 6.07) is 0.641. The van der Waals surface area contributed by atoms with Gasteiger partial charge in [0.25, 0.3) is 0 Å². The lowest BCUT2D eigenvalue weighted by molar-refractivity contribution is 0.223. The van der Waals surface area contributed by atoms with Gasteiger partial charge in [0.2, 0.25) is 0 Å². The maximum atomic E-state index is 4.88. The number of hydrogen-bond donors (Lipinski definition) is 1. The van der Waals surface area contributed by atoms with Gasteiger partial charge in [-0.1, -0.05) is 27.7 Å². The van der Waals surface area contributed by atoms with Crippen LogP contribution in [-0.2, 0) is 13.1 Å². The van der Waals surface area contributed by atoms with Crippen LogP contribution < -0.4 is 5.32 Å². The highest BCUT2D eigenvalue weighted by Gasteiger charge is 2.28. The number of nitrogens with zero attached hydrogens (tertiary/aromatic N) is 5. The fraction of sp³-hybridized carbons (Fsp3) is 0.789. The zero-order valence-electron chi connectivity index (χ0n) is 16.7. The Hall–Kier alpha value is -1.56. The van der Waals surface area contributed by atoms with Gasteiger partial charge >= 0.3 is 0 Å². The average Bonchev–Trinajstić information content (AvgIpc) is 3.22. The average molecular weight is 349 g/mol. The van der Waals surface area contributed by atoms with Crippen LogP contribution in [0.3, 0.4) is 0 Å². The minimum absolute atomic E-state index is 0.610. The quantitative estimate of drug-likeness (QED) is 0.579. The summed E-state index contributed by atoms with van der Waals surface area (Å²) in [5.41, 5.74) is 0. The van der Waals surface area contributed by atoms with Crippen LogP contribution in [0, 0.1) is 5.92 Å². The third-order valence-corrected chi connectivity index (χ3v) is 4.86. The second-order valence-corrected chi connectivity index (χ2v) is 7.17. The summed E-state index contributed by atoms with van der Waals surface area (Å²) in [5.74, 6) is 2.68. The topological polar surface area (TPSA) is 48.7 Å². The van der Waals surface area contributed by atoms with Gasteiger partial charge in [-0.05, 0) is 32.4 Å². The summed E-state index contributed by atoms with van der Waals surface area (Å²) in [6.45, 7) is 18.0. The molecule has 0 radical (unpaired) electrons. The monoisotopic (exact) mass is 348 g/mol. The molecule has 1 saturated heterocycles. The predicted molar refractivity (Wildman–Crippen MR) is 105 cm³/mol. The molecule has 6 nitrogen and oxygen atoms in total. The second-order valence-electron chi connectivity index (χ2n) is 7.17. The van der Waals surface area contributed by atoms with Crippen LogP contribution in [0.15, 0.2) is 17.4 Å². The first-order chi connectivity index (χ1) is 12.1. The highest BCUT2D eigenvalue weighted by Crippen LogP contribution is 2.16. The lowest BCUT2D eigenvalue weighted by Gasteiger charge is -2.27. The molecule has 1 aromatic rings. The summed E-state index contributed by atoms with van der Waals surface area (Å²) in [7, 11) is 0.